The van der Waals surface area contributed by atoms with Crippen LogP contribution in [-0.4, -0.2) is 32.1 Å². The number of nitrogens with one attached hydrogen (secondary N) is 1. The van der Waals surface area contributed by atoms with Crippen molar-refractivity contribution in [1.82, 2.24) is 0 Å². The minimum Gasteiger partial charge on any atom is -0.465 e. The molecule has 0 aliphatic carbocycles. The van der Waals surface area contributed by atoms with Crippen molar-refractivity contribution in [2.75, 3.05) is 24.4 Å². The highest BCUT2D eigenvalue weighted by Crippen LogP contribution is 2.33. The molecule has 0 aromatic heterocycles. The molecule has 0 spiro atoms. The predicted octanol–water partition coefficient (Wildman–Crippen LogP) is 3.08. The molecule has 7 heteroatoms. The summed E-state index contributed by atoms with van der Waals surface area (Å²) in [4.78, 5) is 38.6. The summed E-state index contributed by atoms with van der Waals surface area (Å²) in [6.07, 6.45) is 6.40. The average Bonchev–Trinajstić information content (AvgIpc) is 2.90. The molecule has 7 nitrogen and oxygen atoms in total. The quantitative estimate of drug-likeness (QED) is 0.786. The van der Waals surface area contributed by atoms with Crippen molar-refractivity contribution in [3.05, 3.63) is 59.5 Å². The van der Waals surface area contributed by atoms with Crippen LogP contribution in [0.3, 0.4) is 0 Å². The van der Waals surface area contributed by atoms with Crippen LogP contribution in [0, 0.1) is 12.8 Å². The fourth-order valence-electron chi connectivity index (χ4n) is 2.57. The minimum atomic E-state index is -0.709. The van der Waals surface area contributed by atoms with Crippen LogP contribution in [0.2, 0.25) is 0 Å². The van der Waals surface area contributed by atoms with Crippen LogP contribution in [-0.2, 0) is 23.9 Å². The highest BCUT2D eigenvalue weighted by Gasteiger charge is 2.29. The number of allylic oxidation sites excluding steroid dienone is 2. The largest absolute Gasteiger partial charge is 0.465 e. The van der Waals surface area contributed by atoms with E-state index in [1.165, 1.54) is 25.2 Å². The van der Waals surface area contributed by atoms with Crippen molar-refractivity contribution in [1.29, 1.82) is 0 Å². The summed E-state index contributed by atoms with van der Waals surface area (Å²) >= 11 is 0. The second-order valence-electron chi connectivity index (χ2n) is 6.48. The number of hydrogen-bond acceptors (Lipinski definition) is 6. The molecule has 0 atom stereocenters. The lowest BCUT2D eigenvalue weighted by atomic mass is 10.1. The number of rotatable bonds is 5. The van der Waals surface area contributed by atoms with E-state index in [0.717, 1.165) is 5.56 Å². The number of aryl methyl sites for hydroxylation is 1. The SMILES string of the molecule is COC(=O)C1=C(C(=O)OC)N(c2cc(C)ccc2NC(=O)C(C)C)C=CC=C1. The first-order valence-electron chi connectivity index (χ1n) is 8.76. The molecule has 0 bridgehead atoms. The predicted molar refractivity (Wildman–Crippen MR) is 106 cm³/mol. The number of nitrogens with zero attached hydrogens (tertiary/aromatic N) is 1. The maximum atomic E-state index is 12.6. The Bertz CT molecular complexity index is 881. The molecule has 0 fully saturated rings. The van der Waals surface area contributed by atoms with Crippen LogP contribution in [0.25, 0.3) is 0 Å². The van der Waals surface area contributed by atoms with Gasteiger partial charge in [-0.3, -0.25) is 4.79 Å². The number of methoxy groups -OCH3 is 2. The highest BCUT2D eigenvalue weighted by molar-refractivity contribution is 6.06. The van der Waals surface area contributed by atoms with Crippen molar-refractivity contribution in [3.8, 4) is 0 Å². The standard InChI is InChI=1S/C21H24N2O5/c1-13(2)19(24)22-16-10-9-14(3)12-17(16)23-11-7-6-8-15(20(25)27-4)18(23)21(26)28-5/h6-13H,1-5H3,(H,22,24). The summed E-state index contributed by atoms with van der Waals surface area (Å²) in [6.45, 7) is 5.46. The molecule has 1 aromatic rings. The topological polar surface area (TPSA) is 84.9 Å². The highest BCUT2D eigenvalue weighted by atomic mass is 16.5. The lowest BCUT2D eigenvalue weighted by Crippen LogP contribution is -2.28. The first kappa shape index (κ1) is 21.0. The monoisotopic (exact) mass is 384 g/mol. The number of hydrogen-bond donors (Lipinski definition) is 1. The number of carbonyl (C=O) groups excluding carboxylic acids is 3. The van der Waals surface area contributed by atoms with E-state index in [-0.39, 0.29) is 23.1 Å². The Morgan fingerprint density at radius 3 is 2.32 bits per heavy atom. The number of amides is 1. The summed E-state index contributed by atoms with van der Waals surface area (Å²) in [5.41, 5.74) is 1.97. The molecule has 0 saturated carbocycles. The molecular weight excluding hydrogens is 360 g/mol. The van der Waals surface area contributed by atoms with Gasteiger partial charge in [0.1, 0.15) is 5.70 Å². The summed E-state index contributed by atoms with van der Waals surface area (Å²) < 4.78 is 9.73. The van der Waals surface area contributed by atoms with E-state index in [0.29, 0.717) is 11.4 Å². The van der Waals surface area contributed by atoms with Crippen molar-refractivity contribution in [3.63, 3.8) is 0 Å². The average molecular weight is 384 g/mol. The van der Waals surface area contributed by atoms with E-state index in [2.05, 4.69) is 5.32 Å². The second kappa shape index (κ2) is 9.03. The zero-order valence-corrected chi connectivity index (χ0v) is 16.6. The van der Waals surface area contributed by atoms with Crippen LogP contribution in [0.1, 0.15) is 19.4 Å². The van der Waals surface area contributed by atoms with Crippen molar-refractivity contribution >= 4 is 29.2 Å². The lowest BCUT2D eigenvalue weighted by Gasteiger charge is -2.26. The Kier molecular flexibility index (Phi) is 6.76. The number of benzene rings is 1. The van der Waals surface area contributed by atoms with Crippen molar-refractivity contribution in [2.24, 2.45) is 5.92 Å². The van der Waals surface area contributed by atoms with Gasteiger partial charge in [0, 0.05) is 12.1 Å². The molecule has 28 heavy (non-hydrogen) atoms. The van der Waals surface area contributed by atoms with Gasteiger partial charge in [0.05, 0.1) is 31.2 Å². The van der Waals surface area contributed by atoms with Crippen molar-refractivity contribution in [2.45, 2.75) is 20.8 Å². The van der Waals surface area contributed by atoms with Gasteiger partial charge in [-0.15, -0.1) is 0 Å². The number of anilines is 2. The van der Waals surface area contributed by atoms with Crippen LogP contribution >= 0.6 is 0 Å². The normalized spacial score (nSPS) is 13.4. The summed E-state index contributed by atoms with van der Waals surface area (Å²) in [7, 11) is 2.47. The molecule has 0 radical (unpaired) electrons. The minimum absolute atomic E-state index is 0.00926. The molecule has 1 heterocycles. The van der Waals surface area contributed by atoms with Gasteiger partial charge < -0.3 is 19.7 Å². The number of carbonyl (C=O) groups is 3. The molecule has 2 rings (SSSR count). The first-order valence-corrected chi connectivity index (χ1v) is 8.76. The third kappa shape index (κ3) is 4.49. The fraction of sp³-hybridized carbons (Fsp3) is 0.286. The van der Waals surface area contributed by atoms with E-state index in [1.54, 1.807) is 38.3 Å². The van der Waals surface area contributed by atoms with Gasteiger partial charge in [-0.05, 0) is 36.8 Å². The van der Waals surface area contributed by atoms with Crippen molar-refractivity contribution < 1.29 is 23.9 Å². The van der Waals surface area contributed by atoms with E-state index in [1.807, 2.05) is 19.1 Å². The molecule has 1 aliphatic heterocycles. The van der Waals surface area contributed by atoms with E-state index in [9.17, 15) is 14.4 Å². The maximum Gasteiger partial charge on any atom is 0.355 e. The zero-order chi connectivity index (χ0) is 20.8. The second-order valence-corrected chi connectivity index (χ2v) is 6.48. The summed E-state index contributed by atoms with van der Waals surface area (Å²) in [5, 5.41) is 2.86. The Morgan fingerprint density at radius 1 is 1.04 bits per heavy atom. The van der Waals surface area contributed by atoms with Crippen LogP contribution in [0.4, 0.5) is 11.4 Å². The Balaban J connectivity index is 2.69. The molecule has 1 N–H and O–H groups in total. The van der Waals surface area contributed by atoms with Gasteiger partial charge in [-0.2, -0.15) is 0 Å². The Labute approximate surface area is 164 Å². The molecule has 0 saturated heterocycles. The van der Waals surface area contributed by atoms with Crippen LogP contribution < -0.4 is 10.2 Å². The Hall–Kier alpha value is -3.35. The Morgan fingerprint density at radius 2 is 1.71 bits per heavy atom. The summed E-state index contributed by atoms with van der Waals surface area (Å²) in [6, 6.07) is 5.41. The van der Waals surface area contributed by atoms with Gasteiger partial charge in [0.25, 0.3) is 0 Å². The van der Waals surface area contributed by atoms with Gasteiger partial charge in [-0.1, -0.05) is 26.0 Å². The molecule has 1 aromatic carbocycles. The molecular formula is C21H24N2O5. The molecule has 0 unspecified atom stereocenters. The van der Waals surface area contributed by atoms with Crippen LogP contribution in [0.5, 0.6) is 0 Å². The van der Waals surface area contributed by atoms with Gasteiger partial charge in [0.15, 0.2) is 0 Å². The third-order valence-corrected chi connectivity index (χ3v) is 4.08. The smallest absolute Gasteiger partial charge is 0.355 e. The zero-order valence-electron chi connectivity index (χ0n) is 16.6. The number of ether oxygens (including phenoxy) is 2. The molecule has 1 amide bonds. The lowest BCUT2D eigenvalue weighted by molar-refractivity contribution is -0.139. The van der Waals surface area contributed by atoms with E-state index < -0.39 is 11.9 Å². The van der Waals surface area contributed by atoms with Gasteiger partial charge in [-0.25, -0.2) is 9.59 Å². The van der Waals surface area contributed by atoms with E-state index in [4.69, 9.17) is 9.47 Å². The first-order chi connectivity index (χ1) is 13.3. The maximum absolute atomic E-state index is 12.6. The van der Waals surface area contributed by atoms with Gasteiger partial charge in [0.2, 0.25) is 5.91 Å². The van der Waals surface area contributed by atoms with E-state index >= 15 is 0 Å². The van der Waals surface area contributed by atoms with Gasteiger partial charge >= 0.3 is 11.9 Å². The summed E-state index contributed by atoms with van der Waals surface area (Å²) in [5.74, 6) is -1.78. The molecule has 1 aliphatic rings. The third-order valence-electron chi connectivity index (χ3n) is 4.08. The number of esters is 2. The van der Waals surface area contributed by atoms with Crippen LogP contribution in [0.15, 0.2) is 53.9 Å². The fourth-order valence-corrected chi connectivity index (χ4v) is 2.57. The molecule has 148 valence electrons.